The van der Waals surface area contributed by atoms with Gasteiger partial charge in [-0.25, -0.2) is 0 Å². The van der Waals surface area contributed by atoms with E-state index in [4.69, 9.17) is 5.73 Å². The molecule has 0 saturated heterocycles. The molecule has 0 amide bonds. The molecule has 0 saturated carbocycles. The van der Waals surface area contributed by atoms with E-state index in [0.717, 1.165) is 6.42 Å². The Bertz CT molecular complexity index is 105. The first kappa shape index (κ1) is 11.4. The molecular weight excluding hydrogens is 255 g/mol. The lowest BCUT2D eigenvalue weighted by Gasteiger charge is -2.18. The maximum absolute atomic E-state index is 5.73. The zero-order valence-electron chi connectivity index (χ0n) is 7.02. The molecule has 0 aliphatic carbocycles. The summed E-state index contributed by atoms with van der Waals surface area (Å²) in [4.78, 5) is 0. The van der Waals surface area contributed by atoms with Gasteiger partial charge in [0.25, 0.3) is 0 Å². The molecule has 5 heteroatoms. The van der Waals surface area contributed by atoms with Gasteiger partial charge in [-0.15, -0.1) is 0 Å². The molecule has 4 nitrogen and oxygen atoms in total. The molecular formula is C6H17IN4. The first-order valence-corrected chi connectivity index (χ1v) is 6.08. The average Bonchev–Trinajstić information content (AvgIpc) is 2.01. The van der Waals surface area contributed by atoms with Crippen LogP contribution < -0.4 is 19.9 Å². The van der Waals surface area contributed by atoms with E-state index in [1.54, 1.807) is 0 Å². The van der Waals surface area contributed by atoms with Gasteiger partial charge in [0, 0.05) is 6.42 Å². The minimum atomic E-state index is -0.156. The van der Waals surface area contributed by atoms with Gasteiger partial charge in [-0.05, 0) is 35.1 Å². The lowest BCUT2D eigenvalue weighted by molar-refractivity contribution is 0.418. The van der Waals surface area contributed by atoms with Crippen molar-refractivity contribution in [1.29, 1.82) is 0 Å². The molecule has 0 rings (SSSR count). The summed E-state index contributed by atoms with van der Waals surface area (Å²) in [6.45, 7) is 0. The van der Waals surface area contributed by atoms with Crippen LogP contribution in [-0.4, -0.2) is 30.9 Å². The predicted molar refractivity (Wildman–Crippen MR) is 58.8 cm³/mol. The molecule has 1 unspecified atom stereocenters. The van der Waals surface area contributed by atoms with E-state index >= 15 is 0 Å². The second-order valence-corrected chi connectivity index (χ2v) is 3.60. The van der Waals surface area contributed by atoms with Gasteiger partial charge in [-0.3, -0.25) is 3.53 Å². The number of hydrogen-bond donors (Lipinski definition) is 4. The van der Waals surface area contributed by atoms with Crippen LogP contribution in [0.1, 0.15) is 6.42 Å². The number of rotatable bonds is 6. The van der Waals surface area contributed by atoms with Crippen LogP contribution in [0.2, 0.25) is 0 Å². The minimum Gasteiger partial charge on any atom is -0.315 e. The van der Waals surface area contributed by atoms with Crippen molar-refractivity contribution in [3.63, 3.8) is 0 Å². The average molecular weight is 272 g/mol. The van der Waals surface area contributed by atoms with Crippen molar-refractivity contribution in [2.24, 2.45) is 5.73 Å². The van der Waals surface area contributed by atoms with Gasteiger partial charge in [0.1, 0.15) is 0 Å². The van der Waals surface area contributed by atoms with Gasteiger partial charge in [0.15, 0.2) is 0 Å². The topological polar surface area (TPSA) is 62.1 Å². The van der Waals surface area contributed by atoms with E-state index in [1.165, 1.54) is 0 Å². The van der Waals surface area contributed by atoms with Gasteiger partial charge in [-0.1, -0.05) is 4.51 Å². The number of halogens is 1. The van der Waals surface area contributed by atoms with E-state index in [9.17, 15) is 0 Å². The summed E-state index contributed by atoms with van der Waals surface area (Å²) >= 11 is -0.156. The molecule has 0 bridgehead atoms. The second kappa shape index (κ2) is 7.11. The van der Waals surface area contributed by atoms with E-state index in [0.29, 0.717) is 0 Å². The van der Waals surface area contributed by atoms with Crippen molar-refractivity contribution in [1.82, 2.24) is 14.2 Å². The Morgan fingerprint density at radius 1 is 1.45 bits per heavy atom. The predicted octanol–water partition coefficient (Wildman–Crippen LogP) is -0.666. The maximum atomic E-state index is 5.73. The van der Waals surface area contributed by atoms with Crippen molar-refractivity contribution < 1.29 is 0 Å². The summed E-state index contributed by atoms with van der Waals surface area (Å²) in [6.07, 6.45) is 1.22. The van der Waals surface area contributed by atoms with Crippen LogP contribution in [0.25, 0.3) is 0 Å². The highest BCUT2D eigenvalue weighted by molar-refractivity contribution is 14.2. The Morgan fingerprint density at radius 3 is 2.36 bits per heavy atom. The van der Waals surface area contributed by atoms with E-state index in [1.807, 2.05) is 14.1 Å². The van der Waals surface area contributed by atoms with Gasteiger partial charge in [-0.2, -0.15) is 0 Å². The molecule has 11 heavy (non-hydrogen) atoms. The smallest absolute Gasteiger partial charge is 0.0658 e. The molecule has 0 aromatic rings. The Hall–Kier alpha value is 0.440. The Balaban J connectivity index is 3.52. The van der Waals surface area contributed by atoms with Crippen LogP contribution in [0, 0.1) is 0 Å². The summed E-state index contributed by atoms with van der Waals surface area (Å²) < 4.78 is 6.90. The van der Waals surface area contributed by atoms with Crippen LogP contribution in [0.15, 0.2) is 0 Å². The van der Waals surface area contributed by atoms with Gasteiger partial charge in [0.05, 0.1) is 12.3 Å². The van der Waals surface area contributed by atoms with Crippen molar-refractivity contribution >= 4 is 25.5 Å². The fourth-order valence-corrected chi connectivity index (χ4v) is 1.60. The quantitative estimate of drug-likeness (QED) is 0.294. The van der Waals surface area contributed by atoms with Crippen LogP contribution in [0.3, 0.4) is 0 Å². The van der Waals surface area contributed by atoms with Crippen LogP contribution in [-0.2, 0) is 0 Å². The second-order valence-electron chi connectivity index (χ2n) is 2.21. The molecule has 0 aliphatic heterocycles. The Morgan fingerprint density at radius 2 is 2.00 bits per heavy atom. The summed E-state index contributed by atoms with van der Waals surface area (Å²) in [6, 6.07) is 0. The van der Waals surface area contributed by atoms with Crippen molar-refractivity contribution in [3.8, 4) is 0 Å². The Labute approximate surface area is 78.4 Å². The molecule has 0 heterocycles. The number of nitrogens with one attached hydrogen (secondary N) is 3. The van der Waals surface area contributed by atoms with Crippen LogP contribution in [0.5, 0.6) is 0 Å². The molecule has 0 aromatic heterocycles. The molecule has 0 spiro atoms. The SMILES string of the molecule is C=INC(N)CC(NC)NC. The molecule has 0 aliphatic rings. The lowest BCUT2D eigenvalue weighted by Crippen LogP contribution is -2.45. The highest BCUT2D eigenvalue weighted by Crippen LogP contribution is 1.92. The standard InChI is InChI=1S/C6H17IN4/c1-7-11-5(8)4-6(9-2)10-3/h5-6,9-11H,1,4,8H2,2-3H3. The third-order valence-electron chi connectivity index (χ3n) is 1.40. The molecule has 5 N–H and O–H groups in total. The molecule has 1 atom stereocenters. The number of nitrogens with two attached hydrogens (primary N) is 1. The summed E-state index contributed by atoms with van der Waals surface area (Å²) in [7, 11) is 3.82. The van der Waals surface area contributed by atoms with Crippen LogP contribution >= 0.6 is 21.0 Å². The minimum absolute atomic E-state index is 0.0604. The highest BCUT2D eigenvalue weighted by Gasteiger charge is 2.07. The van der Waals surface area contributed by atoms with Gasteiger partial charge < -0.3 is 16.4 Å². The first-order chi connectivity index (χ1) is 5.24. The monoisotopic (exact) mass is 272 g/mol. The molecule has 68 valence electrons. The third-order valence-corrected chi connectivity index (χ3v) is 2.64. The third kappa shape index (κ3) is 5.68. The van der Waals surface area contributed by atoms with Crippen molar-refractivity contribution in [3.05, 3.63) is 0 Å². The maximum Gasteiger partial charge on any atom is 0.0658 e. The zero-order chi connectivity index (χ0) is 8.69. The molecule has 0 fully saturated rings. The largest absolute Gasteiger partial charge is 0.315 e. The zero-order valence-corrected chi connectivity index (χ0v) is 9.18. The van der Waals surface area contributed by atoms with E-state index < -0.39 is 0 Å². The van der Waals surface area contributed by atoms with Gasteiger partial charge >= 0.3 is 0 Å². The highest BCUT2D eigenvalue weighted by atomic mass is 127. The lowest BCUT2D eigenvalue weighted by atomic mass is 10.3. The van der Waals surface area contributed by atoms with Crippen molar-refractivity contribution in [2.45, 2.75) is 18.8 Å². The fourth-order valence-electron chi connectivity index (χ4n) is 0.778. The Kier molecular flexibility index (Phi) is 7.39. The molecule has 0 aromatic carbocycles. The number of hydrogen-bond acceptors (Lipinski definition) is 4. The summed E-state index contributed by atoms with van der Waals surface area (Å²) in [5, 5.41) is 6.20. The first-order valence-electron chi connectivity index (χ1n) is 3.47. The summed E-state index contributed by atoms with van der Waals surface area (Å²) in [5.74, 6) is 0. The summed E-state index contributed by atoms with van der Waals surface area (Å²) in [5.41, 5.74) is 5.73. The van der Waals surface area contributed by atoms with Crippen LogP contribution in [0.4, 0.5) is 0 Å². The van der Waals surface area contributed by atoms with Gasteiger partial charge in [0.2, 0.25) is 0 Å². The van der Waals surface area contributed by atoms with Crippen molar-refractivity contribution in [2.75, 3.05) is 14.1 Å². The molecule has 0 radical (unpaired) electrons. The van der Waals surface area contributed by atoms with E-state index in [2.05, 4.69) is 18.7 Å². The normalized spacial score (nSPS) is 13.8. The van der Waals surface area contributed by atoms with E-state index in [-0.39, 0.29) is 33.3 Å². The fraction of sp³-hybridized carbons (Fsp3) is 0.833.